The summed E-state index contributed by atoms with van der Waals surface area (Å²) in [6.45, 7) is 3.75. The van der Waals surface area contributed by atoms with Gasteiger partial charge in [0.25, 0.3) is 5.91 Å². The number of hydrogen-bond donors (Lipinski definition) is 1. The number of carbonyl (C=O) groups is 2. The number of aromatic hydroxyl groups is 1. The van der Waals surface area contributed by atoms with Crippen LogP contribution in [-0.4, -0.2) is 61.0 Å². The van der Waals surface area contributed by atoms with Crippen LogP contribution in [-0.2, 0) is 19.4 Å². The molecule has 29 heavy (non-hydrogen) atoms. The van der Waals surface area contributed by atoms with Crippen LogP contribution < -0.4 is 0 Å². The first kappa shape index (κ1) is 21.1. The number of benzene rings is 2. The van der Waals surface area contributed by atoms with Gasteiger partial charge < -0.3 is 14.7 Å². The average molecular weight is 419 g/mol. The Balaban J connectivity index is 1.70. The first-order chi connectivity index (χ1) is 13.7. The molecule has 1 aliphatic heterocycles. The lowest BCUT2D eigenvalue weighted by molar-refractivity contribution is -0.137. The molecule has 0 bridgehead atoms. The highest BCUT2D eigenvalue weighted by molar-refractivity contribution is 7.91. The van der Waals surface area contributed by atoms with Gasteiger partial charge in [0.05, 0.1) is 11.5 Å². The molecule has 1 aliphatic rings. The van der Waals surface area contributed by atoms with E-state index in [0.717, 1.165) is 10.8 Å². The van der Waals surface area contributed by atoms with Gasteiger partial charge in [0.1, 0.15) is 11.3 Å². The molecule has 1 amide bonds. The minimum absolute atomic E-state index is 0.0182. The van der Waals surface area contributed by atoms with Gasteiger partial charge in [0.2, 0.25) is 0 Å². The second-order valence-corrected chi connectivity index (χ2v) is 10.0. The van der Waals surface area contributed by atoms with Crippen LogP contribution in [0, 0.1) is 5.92 Å². The Bertz CT molecular complexity index is 1030. The molecule has 1 N–H and O–H groups in total. The first-order valence-corrected chi connectivity index (χ1v) is 11.4. The molecule has 0 aliphatic carbocycles. The van der Waals surface area contributed by atoms with Crippen molar-refractivity contribution in [1.82, 2.24) is 4.90 Å². The second kappa shape index (κ2) is 8.41. The van der Waals surface area contributed by atoms with Crippen molar-refractivity contribution in [3.63, 3.8) is 0 Å². The van der Waals surface area contributed by atoms with Gasteiger partial charge in [-0.25, -0.2) is 13.2 Å². The molecule has 1 saturated heterocycles. The van der Waals surface area contributed by atoms with Crippen LogP contribution in [0.1, 0.15) is 30.6 Å². The van der Waals surface area contributed by atoms with Gasteiger partial charge in [-0.05, 0) is 35.2 Å². The quantitative estimate of drug-likeness (QED) is 0.722. The molecule has 7 nitrogen and oxygen atoms in total. The van der Waals surface area contributed by atoms with Crippen LogP contribution in [0.2, 0.25) is 0 Å². The number of fused-ring (bicyclic) bond motifs is 1. The average Bonchev–Trinajstić information content (AvgIpc) is 3.02. The summed E-state index contributed by atoms with van der Waals surface area (Å²) in [5.41, 5.74) is -0.0182. The van der Waals surface area contributed by atoms with E-state index in [1.807, 2.05) is 38.1 Å². The number of carbonyl (C=O) groups excluding carboxylic acids is 2. The van der Waals surface area contributed by atoms with Crippen LogP contribution in [0.15, 0.2) is 36.4 Å². The number of esters is 1. The van der Waals surface area contributed by atoms with Gasteiger partial charge in [-0.3, -0.25) is 4.79 Å². The summed E-state index contributed by atoms with van der Waals surface area (Å²) < 4.78 is 28.8. The maximum absolute atomic E-state index is 12.7. The number of phenolic OH excluding ortho intramolecular Hbond substituents is 1. The Hall–Kier alpha value is -2.61. The second-order valence-electron chi connectivity index (χ2n) is 7.79. The minimum atomic E-state index is -3.15. The van der Waals surface area contributed by atoms with Crippen molar-refractivity contribution >= 4 is 32.5 Å². The first-order valence-electron chi connectivity index (χ1n) is 9.55. The number of sulfone groups is 1. The van der Waals surface area contributed by atoms with E-state index < -0.39 is 34.4 Å². The molecule has 2 aromatic carbocycles. The molecule has 0 aromatic heterocycles. The molecule has 156 valence electrons. The third kappa shape index (κ3) is 5.06. The summed E-state index contributed by atoms with van der Waals surface area (Å²) in [5.74, 6) is -1.32. The number of rotatable bonds is 6. The fourth-order valence-electron chi connectivity index (χ4n) is 3.55. The van der Waals surface area contributed by atoms with E-state index >= 15 is 0 Å². The van der Waals surface area contributed by atoms with Crippen LogP contribution in [0.4, 0.5) is 0 Å². The van der Waals surface area contributed by atoms with Crippen LogP contribution in [0.25, 0.3) is 10.8 Å². The monoisotopic (exact) mass is 419 g/mol. The molecule has 1 fully saturated rings. The molecule has 0 saturated carbocycles. The molecule has 2 aromatic rings. The van der Waals surface area contributed by atoms with Gasteiger partial charge in [0.15, 0.2) is 16.4 Å². The number of hydrogen-bond acceptors (Lipinski definition) is 6. The molecular formula is C21H25NO6S. The summed E-state index contributed by atoms with van der Waals surface area (Å²) in [6.07, 6.45) is 0.389. The van der Waals surface area contributed by atoms with E-state index in [1.165, 1.54) is 17.0 Å². The third-order valence-corrected chi connectivity index (χ3v) is 6.69. The minimum Gasteiger partial charge on any atom is -0.507 e. The SMILES string of the molecule is CC(C)CN(C(=O)COC(=O)c1cc2ccccc2cc1O)C1CCS(=O)(=O)C1. The Labute approximate surface area is 170 Å². The van der Waals surface area contributed by atoms with E-state index in [9.17, 15) is 23.1 Å². The van der Waals surface area contributed by atoms with Crippen molar-refractivity contribution in [2.75, 3.05) is 24.7 Å². The van der Waals surface area contributed by atoms with Crippen LogP contribution in [0.5, 0.6) is 5.75 Å². The summed E-state index contributed by atoms with van der Waals surface area (Å²) >= 11 is 0. The molecule has 1 heterocycles. The van der Waals surface area contributed by atoms with Gasteiger partial charge in [-0.15, -0.1) is 0 Å². The maximum atomic E-state index is 12.7. The van der Waals surface area contributed by atoms with Gasteiger partial charge in [0, 0.05) is 12.6 Å². The highest BCUT2D eigenvalue weighted by Crippen LogP contribution is 2.26. The summed E-state index contributed by atoms with van der Waals surface area (Å²) in [5, 5.41) is 11.7. The van der Waals surface area contributed by atoms with Gasteiger partial charge >= 0.3 is 5.97 Å². The lowest BCUT2D eigenvalue weighted by Crippen LogP contribution is -2.45. The van der Waals surface area contributed by atoms with E-state index in [1.54, 1.807) is 0 Å². The van der Waals surface area contributed by atoms with E-state index in [4.69, 9.17) is 4.74 Å². The Morgan fingerprint density at radius 2 is 1.86 bits per heavy atom. The van der Waals surface area contributed by atoms with Crippen molar-refractivity contribution in [1.29, 1.82) is 0 Å². The number of amides is 1. The fraction of sp³-hybridized carbons (Fsp3) is 0.429. The number of ether oxygens (including phenoxy) is 1. The zero-order chi connectivity index (χ0) is 21.2. The summed E-state index contributed by atoms with van der Waals surface area (Å²) in [6, 6.07) is 9.86. The smallest absolute Gasteiger partial charge is 0.342 e. The van der Waals surface area contributed by atoms with Crippen molar-refractivity contribution in [2.24, 2.45) is 5.92 Å². The molecule has 8 heteroatoms. The van der Waals surface area contributed by atoms with Crippen LogP contribution >= 0.6 is 0 Å². The highest BCUT2D eigenvalue weighted by atomic mass is 32.2. The van der Waals surface area contributed by atoms with Crippen molar-refractivity contribution in [3.8, 4) is 5.75 Å². The summed E-state index contributed by atoms with van der Waals surface area (Å²) in [4.78, 5) is 26.6. The Kier molecular flexibility index (Phi) is 6.12. The molecule has 1 atom stereocenters. The lowest BCUT2D eigenvalue weighted by Gasteiger charge is -2.29. The molecule has 0 spiro atoms. The molecule has 0 radical (unpaired) electrons. The lowest BCUT2D eigenvalue weighted by atomic mass is 10.1. The highest BCUT2D eigenvalue weighted by Gasteiger charge is 2.35. The Morgan fingerprint density at radius 3 is 2.45 bits per heavy atom. The Morgan fingerprint density at radius 1 is 1.21 bits per heavy atom. The zero-order valence-electron chi connectivity index (χ0n) is 16.5. The fourth-order valence-corrected chi connectivity index (χ4v) is 5.28. The standard InChI is InChI=1S/C21H25NO6S/c1-14(2)11-22(17-7-8-29(26,27)13-17)20(24)12-28-21(25)18-9-15-5-3-4-6-16(15)10-19(18)23/h3-6,9-10,14,17,23H,7-8,11-13H2,1-2H3. The van der Waals surface area contributed by atoms with Gasteiger partial charge in [-0.1, -0.05) is 38.1 Å². The maximum Gasteiger partial charge on any atom is 0.342 e. The summed E-state index contributed by atoms with van der Waals surface area (Å²) in [7, 11) is -3.15. The van der Waals surface area contributed by atoms with Crippen molar-refractivity contribution in [3.05, 3.63) is 42.0 Å². The van der Waals surface area contributed by atoms with Gasteiger partial charge in [-0.2, -0.15) is 0 Å². The van der Waals surface area contributed by atoms with Crippen molar-refractivity contribution in [2.45, 2.75) is 26.3 Å². The predicted molar refractivity (Wildman–Crippen MR) is 110 cm³/mol. The largest absolute Gasteiger partial charge is 0.507 e. The van der Waals surface area contributed by atoms with E-state index in [2.05, 4.69) is 0 Å². The molecule has 1 unspecified atom stereocenters. The normalized spacial score (nSPS) is 18.1. The molecular weight excluding hydrogens is 394 g/mol. The van der Waals surface area contributed by atoms with E-state index in [0.29, 0.717) is 13.0 Å². The predicted octanol–water partition coefficient (Wildman–Crippen LogP) is 2.37. The number of nitrogens with zero attached hydrogens (tertiary/aromatic N) is 1. The van der Waals surface area contributed by atoms with E-state index in [-0.39, 0.29) is 28.7 Å². The topological polar surface area (TPSA) is 101 Å². The number of phenols is 1. The third-order valence-electron chi connectivity index (χ3n) is 4.94. The molecule has 3 rings (SSSR count). The zero-order valence-corrected chi connectivity index (χ0v) is 17.3. The van der Waals surface area contributed by atoms with Crippen LogP contribution in [0.3, 0.4) is 0 Å². The van der Waals surface area contributed by atoms with Crippen molar-refractivity contribution < 1.29 is 27.9 Å².